The normalized spacial score (nSPS) is 24.8. The zero-order valence-corrected chi connectivity index (χ0v) is 12.3. The molecule has 5 heteroatoms. The van der Waals surface area contributed by atoms with Crippen LogP contribution in [-0.2, 0) is 9.59 Å². The van der Waals surface area contributed by atoms with Crippen LogP contribution < -0.4 is 5.32 Å². The summed E-state index contributed by atoms with van der Waals surface area (Å²) in [6.07, 6.45) is 1.70. The summed E-state index contributed by atoms with van der Waals surface area (Å²) in [6.45, 7) is 7.53. The third kappa shape index (κ3) is 2.53. The first-order valence-electron chi connectivity index (χ1n) is 6.97. The van der Waals surface area contributed by atoms with Crippen LogP contribution in [-0.4, -0.2) is 33.8 Å². The molecule has 20 heavy (non-hydrogen) atoms. The third-order valence-electron chi connectivity index (χ3n) is 3.81. The summed E-state index contributed by atoms with van der Waals surface area (Å²) in [5.41, 5.74) is 0.796. The van der Waals surface area contributed by atoms with Crippen LogP contribution in [0, 0.1) is 5.92 Å². The van der Waals surface area contributed by atoms with E-state index in [1.165, 1.54) is 0 Å². The molecule has 1 saturated heterocycles. The molecular formula is C15H21N3O2. The zero-order valence-electron chi connectivity index (χ0n) is 12.3. The molecule has 5 nitrogen and oxygen atoms in total. The van der Waals surface area contributed by atoms with Crippen LogP contribution in [0.3, 0.4) is 0 Å². The van der Waals surface area contributed by atoms with E-state index in [1.807, 2.05) is 39.0 Å². The summed E-state index contributed by atoms with van der Waals surface area (Å²) >= 11 is 0. The Kier molecular flexibility index (Phi) is 4.06. The zero-order chi connectivity index (χ0) is 14.9. The van der Waals surface area contributed by atoms with E-state index < -0.39 is 12.1 Å². The summed E-state index contributed by atoms with van der Waals surface area (Å²) in [5.74, 6) is -0.0753. The number of aromatic nitrogens is 1. The maximum absolute atomic E-state index is 12.6. The van der Waals surface area contributed by atoms with Crippen LogP contribution in [0.5, 0.6) is 0 Å². The third-order valence-corrected chi connectivity index (χ3v) is 3.81. The lowest BCUT2D eigenvalue weighted by Gasteiger charge is -2.41. The molecule has 1 aromatic rings. The van der Waals surface area contributed by atoms with E-state index in [2.05, 4.69) is 10.3 Å². The maximum atomic E-state index is 12.6. The number of carbonyl (C=O) groups is 2. The fourth-order valence-corrected chi connectivity index (χ4v) is 2.56. The SMILES string of the molecule is CC(C)C1NC(=O)C(C)N(C(C)c2ccccn2)C1=O. The van der Waals surface area contributed by atoms with Crippen LogP contribution >= 0.6 is 0 Å². The number of nitrogens with zero attached hydrogens (tertiary/aromatic N) is 2. The van der Waals surface area contributed by atoms with Gasteiger partial charge in [-0.25, -0.2) is 0 Å². The van der Waals surface area contributed by atoms with Gasteiger partial charge in [0, 0.05) is 6.20 Å². The van der Waals surface area contributed by atoms with Crippen LogP contribution in [0.15, 0.2) is 24.4 Å². The van der Waals surface area contributed by atoms with Crippen molar-refractivity contribution in [2.45, 2.75) is 45.8 Å². The number of piperazine rings is 1. The van der Waals surface area contributed by atoms with Gasteiger partial charge in [-0.2, -0.15) is 0 Å². The number of hydrogen-bond acceptors (Lipinski definition) is 3. The molecule has 1 aromatic heterocycles. The van der Waals surface area contributed by atoms with Crippen molar-refractivity contribution >= 4 is 11.8 Å². The Morgan fingerprint density at radius 3 is 2.50 bits per heavy atom. The molecule has 108 valence electrons. The molecule has 0 aromatic carbocycles. The Hall–Kier alpha value is -1.91. The number of amides is 2. The van der Waals surface area contributed by atoms with E-state index in [0.717, 1.165) is 5.69 Å². The van der Waals surface area contributed by atoms with Crippen molar-refractivity contribution in [1.82, 2.24) is 15.2 Å². The van der Waals surface area contributed by atoms with Gasteiger partial charge in [-0.05, 0) is 31.9 Å². The first-order valence-corrected chi connectivity index (χ1v) is 6.97. The molecule has 2 rings (SSSR count). The molecule has 2 heterocycles. The summed E-state index contributed by atoms with van der Waals surface area (Å²) < 4.78 is 0. The standard InChI is InChI=1S/C15H21N3O2/c1-9(2)13-15(20)18(11(4)14(19)17-13)10(3)12-7-5-6-8-16-12/h5-11,13H,1-4H3,(H,17,19). The van der Waals surface area contributed by atoms with Crippen LogP contribution in [0.4, 0.5) is 0 Å². The molecule has 1 N–H and O–H groups in total. The fourth-order valence-electron chi connectivity index (χ4n) is 2.56. The molecule has 3 atom stereocenters. The van der Waals surface area contributed by atoms with Crippen molar-refractivity contribution in [3.05, 3.63) is 30.1 Å². The molecule has 0 spiro atoms. The average Bonchev–Trinajstić information content (AvgIpc) is 2.43. The number of pyridine rings is 1. The lowest BCUT2D eigenvalue weighted by atomic mass is 9.96. The highest BCUT2D eigenvalue weighted by Crippen LogP contribution is 2.26. The quantitative estimate of drug-likeness (QED) is 0.909. The van der Waals surface area contributed by atoms with Gasteiger partial charge in [-0.1, -0.05) is 19.9 Å². The van der Waals surface area contributed by atoms with E-state index in [-0.39, 0.29) is 23.8 Å². The van der Waals surface area contributed by atoms with Crippen molar-refractivity contribution in [2.75, 3.05) is 0 Å². The lowest BCUT2D eigenvalue weighted by molar-refractivity contribution is -0.152. The molecule has 1 aliphatic heterocycles. The second-order valence-corrected chi connectivity index (χ2v) is 5.58. The second kappa shape index (κ2) is 5.61. The second-order valence-electron chi connectivity index (χ2n) is 5.58. The Bertz CT molecular complexity index is 501. The van der Waals surface area contributed by atoms with Crippen molar-refractivity contribution < 1.29 is 9.59 Å². The van der Waals surface area contributed by atoms with Crippen LogP contribution in [0.1, 0.15) is 39.4 Å². The number of hydrogen-bond donors (Lipinski definition) is 1. The first-order chi connectivity index (χ1) is 9.43. The first kappa shape index (κ1) is 14.5. The fraction of sp³-hybridized carbons (Fsp3) is 0.533. The average molecular weight is 275 g/mol. The molecule has 0 saturated carbocycles. The molecule has 1 fully saturated rings. The Labute approximate surface area is 119 Å². The van der Waals surface area contributed by atoms with E-state index in [0.29, 0.717) is 0 Å². The maximum Gasteiger partial charge on any atom is 0.246 e. The number of nitrogens with one attached hydrogen (secondary N) is 1. The van der Waals surface area contributed by atoms with Crippen molar-refractivity contribution in [3.63, 3.8) is 0 Å². The van der Waals surface area contributed by atoms with Crippen LogP contribution in [0.2, 0.25) is 0 Å². The van der Waals surface area contributed by atoms with Gasteiger partial charge in [-0.3, -0.25) is 14.6 Å². The van der Waals surface area contributed by atoms with Gasteiger partial charge in [-0.15, -0.1) is 0 Å². The highest BCUT2D eigenvalue weighted by Gasteiger charge is 2.42. The minimum absolute atomic E-state index is 0.0368. The smallest absolute Gasteiger partial charge is 0.246 e. The predicted molar refractivity (Wildman–Crippen MR) is 75.7 cm³/mol. The minimum Gasteiger partial charge on any atom is -0.342 e. The Balaban J connectivity index is 2.32. The van der Waals surface area contributed by atoms with Crippen molar-refractivity contribution in [3.8, 4) is 0 Å². The van der Waals surface area contributed by atoms with Gasteiger partial charge in [0.05, 0.1) is 11.7 Å². The van der Waals surface area contributed by atoms with Gasteiger partial charge in [0.15, 0.2) is 0 Å². The molecule has 2 amide bonds. The van der Waals surface area contributed by atoms with Crippen molar-refractivity contribution in [2.24, 2.45) is 5.92 Å². The van der Waals surface area contributed by atoms with Gasteiger partial charge in [0.1, 0.15) is 12.1 Å². The summed E-state index contributed by atoms with van der Waals surface area (Å²) in [5, 5.41) is 2.80. The summed E-state index contributed by atoms with van der Waals surface area (Å²) in [6, 6.07) is 4.45. The highest BCUT2D eigenvalue weighted by molar-refractivity contribution is 5.97. The Morgan fingerprint density at radius 2 is 1.95 bits per heavy atom. The monoisotopic (exact) mass is 275 g/mol. The van der Waals surface area contributed by atoms with E-state index in [1.54, 1.807) is 18.0 Å². The van der Waals surface area contributed by atoms with Crippen LogP contribution in [0.25, 0.3) is 0 Å². The van der Waals surface area contributed by atoms with E-state index in [9.17, 15) is 9.59 Å². The summed E-state index contributed by atoms with van der Waals surface area (Å²) in [4.78, 5) is 30.6. The van der Waals surface area contributed by atoms with Gasteiger partial charge in [0.2, 0.25) is 11.8 Å². The molecule has 3 unspecified atom stereocenters. The van der Waals surface area contributed by atoms with E-state index >= 15 is 0 Å². The molecule has 1 aliphatic rings. The molecular weight excluding hydrogens is 254 g/mol. The van der Waals surface area contributed by atoms with Gasteiger partial charge >= 0.3 is 0 Å². The molecule has 0 radical (unpaired) electrons. The number of rotatable bonds is 3. The largest absolute Gasteiger partial charge is 0.342 e. The predicted octanol–water partition coefficient (Wildman–Crippen LogP) is 1.51. The highest BCUT2D eigenvalue weighted by atomic mass is 16.2. The molecule has 0 aliphatic carbocycles. The number of carbonyl (C=O) groups excluding carboxylic acids is 2. The molecule has 0 bridgehead atoms. The lowest BCUT2D eigenvalue weighted by Crippen LogP contribution is -2.64. The van der Waals surface area contributed by atoms with Crippen molar-refractivity contribution in [1.29, 1.82) is 0 Å². The minimum atomic E-state index is -0.477. The van der Waals surface area contributed by atoms with Gasteiger partial charge in [0.25, 0.3) is 0 Å². The topological polar surface area (TPSA) is 62.3 Å². The Morgan fingerprint density at radius 1 is 1.25 bits per heavy atom. The summed E-state index contributed by atoms with van der Waals surface area (Å²) in [7, 11) is 0. The van der Waals surface area contributed by atoms with Gasteiger partial charge < -0.3 is 10.2 Å². The van der Waals surface area contributed by atoms with E-state index in [4.69, 9.17) is 0 Å².